The lowest BCUT2D eigenvalue weighted by atomic mass is 10.1. The Bertz CT molecular complexity index is 555. The van der Waals surface area contributed by atoms with Crippen molar-refractivity contribution in [2.75, 3.05) is 0 Å². The predicted octanol–water partition coefficient (Wildman–Crippen LogP) is 4.14. The molecule has 0 aliphatic heterocycles. The second kappa shape index (κ2) is 5.50. The van der Waals surface area contributed by atoms with Crippen LogP contribution in [0.1, 0.15) is 18.5 Å². The number of hydrogen-bond donors (Lipinski definition) is 1. The van der Waals surface area contributed by atoms with Crippen LogP contribution in [0.5, 0.6) is 0 Å². The van der Waals surface area contributed by atoms with E-state index < -0.39 is 0 Å². The van der Waals surface area contributed by atoms with Gasteiger partial charge in [0, 0.05) is 10.9 Å². The van der Waals surface area contributed by atoms with Crippen LogP contribution < -0.4 is 5.73 Å². The zero-order chi connectivity index (χ0) is 13.1. The molecule has 0 saturated heterocycles. The molecule has 0 heterocycles. The average molecular weight is 265 g/mol. The minimum absolute atomic E-state index is 0.296. The minimum Gasteiger partial charge on any atom is -0.324 e. The summed E-state index contributed by atoms with van der Waals surface area (Å²) in [4.78, 5) is 0.780. The van der Waals surface area contributed by atoms with Crippen molar-refractivity contribution in [2.45, 2.75) is 22.8 Å². The number of nitrogens with two attached hydrogens (primary N) is 1. The van der Waals surface area contributed by atoms with Gasteiger partial charge in [-0.3, -0.25) is 0 Å². The average Bonchev–Trinajstić information content (AvgIpc) is 2.34. The van der Waals surface area contributed by atoms with Gasteiger partial charge in [0.2, 0.25) is 0 Å². The van der Waals surface area contributed by atoms with E-state index in [0.717, 1.165) is 11.8 Å². The van der Waals surface area contributed by atoms with Crippen molar-refractivity contribution in [3.05, 3.63) is 59.7 Å². The molecule has 18 heavy (non-hydrogen) atoms. The van der Waals surface area contributed by atoms with E-state index in [1.54, 1.807) is 37.3 Å². The van der Waals surface area contributed by atoms with Crippen LogP contribution in [0.3, 0.4) is 0 Å². The maximum absolute atomic E-state index is 13.8. The Hall–Kier alpha value is -1.39. The van der Waals surface area contributed by atoms with Crippen molar-refractivity contribution in [2.24, 2.45) is 5.73 Å². The molecule has 0 radical (unpaired) electrons. The fourth-order valence-corrected chi connectivity index (χ4v) is 2.70. The van der Waals surface area contributed by atoms with Gasteiger partial charge in [0.25, 0.3) is 0 Å². The van der Waals surface area contributed by atoms with Crippen molar-refractivity contribution in [3.63, 3.8) is 0 Å². The van der Waals surface area contributed by atoms with Crippen LogP contribution in [0.4, 0.5) is 8.78 Å². The largest absolute Gasteiger partial charge is 0.324 e. The molecule has 1 atom stereocenters. The summed E-state index contributed by atoms with van der Waals surface area (Å²) in [5, 5.41) is 0. The van der Waals surface area contributed by atoms with Gasteiger partial charge in [-0.1, -0.05) is 36.0 Å². The second-order valence-corrected chi connectivity index (χ2v) is 5.03. The molecule has 1 nitrogen and oxygen atoms in total. The van der Waals surface area contributed by atoms with E-state index in [1.807, 2.05) is 0 Å². The highest BCUT2D eigenvalue weighted by Crippen LogP contribution is 2.35. The summed E-state index contributed by atoms with van der Waals surface area (Å²) >= 11 is 1.07. The lowest BCUT2D eigenvalue weighted by molar-refractivity contribution is 0.588. The van der Waals surface area contributed by atoms with Gasteiger partial charge in [0.05, 0.1) is 4.90 Å². The van der Waals surface area contributed by atoms with Gasteiger partial charge in [-0.05, 0) is 30.7 Å². The predicted molar refractivity (Wildman–Crippen MR) is 69.5 cm³/mol. The fourth-order valence-electron chi connectivity index (χ4n) is 1.63. The van der Waals surface area contributed by atoms with E-state index in [-0.39, 0.29) is 17.7 Å². The second-order valence-electron chi connectivity index (χ2n) is 3.98. The van der Waals surface area contributed by atoms with Crippen LogP contribution in [0.25, 0.3) is 0 Å². The first kappa shape index (κ1) is 13.1. The SMILES string of the molecule is C[C@@H](N)c1cccc(F)c1Sc1ccccc1F. The van der Waals surface area contributed by atoms with Crippen molar-refractivity contribution in [1.82, 2.24) is 0 Å². The van der Waals surface area contributed by atoms with Crippen LogP contribution in [0.15, 0.2) is 52.3 Å². The first-order valence-corrected chi connectivity index (χ1v) is 6.37. The van der Waals surface area contributed by atoms with Crippen LogP contribution in [-0.2, 0) is 0 Å². The van der Waals surface area contributed by atoms with Gasteiger partial charge in [0.1, 0.15) is 11.6 Å². The molecule has 0 amide bonds. The molecule has 2 N–H and O–H groups in total. The summed E-state index contributed by atoms with van der Waals surface area (Å²) in [6, 6.07) is 10.7. The van der Waals surface area contributed by atoms with Crippen molar-refractivity contribution in [3.8, 4) is 0 Å². The monoisotopic (exact) mass is 265 g/mol. The Morgan fingerprint density at radius 2 is 1.67 bits per heavy atom. The van der Waals surface area contributed by atoms with E-state index >= 15 is 0 Å². The van der Waals surface area contributed by atoms with Crippen molar-refractivity contribution < 1.29 is 8.78 Å². The Kier molecular flexibility index (Phi) is 3.99. The Labute approximate surface area is 109 Å². The molecule has 0 aliphatic rings. The van der Waals surface area contributed by atoms with E-state index in [1.165, 1.54) is 12.1 Å². The lowest BCUT2D eigenvalue weighted by Crippen LogP contribution is -2.07. The van der Waals surface area contributed by atoms with E-state index in [9.17, 15) is 8.78 Å². The molecule has 94 valence electrons. The molecule has 2 aromatic carbocycles. The summed E-state index contributed by atoms with van der Waals surface area (Å²) in [7, 11) is 0. The standard InChI is InChI=1S/C14H13F2NS/c1-9(17)10-5-4-7-12(16)14(10)18-13-8-3-2-6-11(13)15/h2-9H,17H2,1H3/t9-/m1/s1. The highest BCUT2D eigenvalue weighted by atomic mass is 32.2. The van der Waals surface area contributed by atoms with E-state index in [0.29, 0.717) is 15.4 Å². The van der Waals surface area contributed by atoms with Crippen molar-refractivity contribution in [1.29, 1.82) is 0 Å². The lowest BCUT2D eigenvalue weighted by Gasteiger charge is -2.13. The molecule has 2 rings (SSSR count). The third-order valence-corrected chi connectivity index (χ3v) is 3.72. The van der Waals surface area contributed by atoms with Crippen LogP contribution in [0.2, 0.25) is 0 Å². The van der Waals surface area contributed by atoms with Gasteiger partial charge in [-0.15, -0.1) is 0 Å². The summed E-state index contributed by atoms with van der Waals surface area (Å²) in [6.45, 7) is 1.78. The molecule has 2 aromatic rings. The summed E-state index contributed by atoms with van der Waals surface area (Å²) in [6.07, 6.45) is 0. The normalized spacial score (nSPS) is 12.4. The van der Waals surface area contributed by atoms with Gasteiger partial charge in [0.15, 0.2) is 0 Å². The molecule has 0 aromatic heterocycles. The smallest absolute Gasteiger partial charge is 0.137 e. The quantitative estimate of drug-likeness (QED) is 0.902. The first-order valence-electron chi connectivity index (χ1n) is 5.56. The maximum atomic E-state index is 13.8. The van der Waals surface area contributed by atoms with Crippen LogP contribution in [-0.4, -0.2) is 0 Å². The maximum Gasteiger partial charge on any atom is 0.137 e. The molecule has 4 heteroatoms. The van der Waals surface area contributed by atoms with Crippen LogP contribution >= 0.6 is 11.8 Å². The number of halogens is 2. The highest BCUT2D eigenvalue weighted by Gasteiger charge is 2.14. The highest BCUT2D eigenvalue weighted by molar-refractivity contribution is 7.99. The topological polar surface area (TPSA) is 26.0 Å². The zero-order valence-electron chi connectivity index (χ0n) is 9.86. The molecule has 0 fully saturated rings. The zero-order valence-corrected chi connectivity index (χ0v) is 10.7. The summed E-state index contributed by atoms with van der Waals surface area (Å²) < 4.78 is 27.4. The molecule has 0 bridgehead atoms. The van der Waals surface area contributed by atoms with E-state index in [4.69, 9.17) is 5.73 Å². The fraction of sp³-hybridized carbons (Fsp3) is 0.143. The molecule has 0 saturated carbocycles. The number of rotatable bonds is 3. The number of benzene rings is 2. The number of hydrogen-bond acceptors (Lipinski definition) is 2. The van der Waals surface area contributed by atoms with Gasteiger partial charge >= 0.3 is 0 Å². The molecule has 0 spiro atoms. The Balaban J connectivity index is 2.43. The first-order chi connectivity index (χ1) is 8.59. The van der Waals surface area contributed by atoms with Crippen molar-refractivity contribution >= 4 is 11.8 Å². The van der Waals surface area contributed by atoms with E-state index in [2.05, 4.69) is 0 Å². The Morgan fingerprint density at radius 1 is 1.00 bits per heavy atom. The Morgan fingerprint density at radius 3 is 2.33 bits per heavy atom. The van der Waals surface area contributed by atoms with Gasteiger partial charge < -0.3 is 5.73 Å². The van der Waals surface area contributed by atoms with Gasteiger partial charge in [-0.25, -0.2) is 8.78 Å². The minimum atomic E-state index is -0.377. The third-order valence-electron chi connectivity index (χ3n) is 2.54. The molecule has 0 aliphatic carbocycles. The summed E-state index contributed by atoms with van der Waals surface area (Å²) in [5.74, 6) is -0.737. The molecule has 0 unspecified atom stereocenters. The molecular weight excluding hydrogens is 252 g/mol. The van der Waals surface area contributed by atoms with Gasteiger partial charge in [-0.2, -0.15) is 0 Å². The summed E-state index contributed by atoms with van der Waals surface area (Å²) in [5.41, 5.74) is 6.48. The van der Waals surface area contributed by atoms with Crippen LogP contribution in [0, 0.1) is 11.6 Å². The molecular formula is C14H13F2NS. The third kappa shape index (κ3) is 2.71.